The second-order valence-electron chi connectivity index (χ2n) is 8.95. The maximum Gasteiger partial charge on any atom is 0.305 e. The minimum atomic E-state index is -0.925. The molecule has 7 heteroatoms. The Morgan fingerprint density at radius 3 is 2.35 bits per heavy atom. The van der Waals surface area contributed by atoms with Gasteiger partial charge in [0.05, 0.1) is 12.0 Å². The third-order valence-corrected chi connectivity index (χ3v) is 6.94. The Morgan fingerprint density at radius 2 is 1.68 bits per heavy atom. The predicted molar refractivity (Wildman–Crippen MR) is 139 cm³/mol. The van der Waals surface area contributed by atoms with Crippen LogP contribution in [-0.2, 0) is 24.7 Å². The molecule has 1 atom stereocenters. The minimum Gasteiger partial charge on any atom is -0.481 e. The number of aryl methyl sites for hydroxylation is 2. The van der Waals surface area contributed by atoms with Crippen molar-refractivity contribution in [2.24, 2.45) is 7.05 Å². The summed E-state index contributed by atoms with van der Waals surface area (Å²) in [4.78, 5) is 26.2. The van der Waals surface area contributed by atoms with Crippen molar-refractivity contribution in [1.29, 1.82) is 0 Å². The predicted octanol–water partition coefficient (Wildman–Crippen LogP) is 6.77. The number of hydrogen-bond donors (Lipinski definition) is 1. The lowest BCUT2D eigenvalue weighted by atomic mass is 10.0. The summed E-state index contributed by atoms with van der Waals surface area (Å²) in [7, 11) is 3.64. The highest BCUT2D eigenvalue weighted by Gasteiger charge is 2.26. The molecule has 1 heterocycles. The summed E-state index contributed by atoms with van der Waals surface area (Å²) in [5, 5.41) is 11.3. The number of carboxylic acid groups (broad SMARTS) is 1. The van der Waals surface area contributed by atoms with E-state index in [1.165, 1.54) is 10.5 Å². The standard InChI is InChI=1S/C27H32Cl2N2O3/c1-18(15-25(32)33)30(2)27(34)26-22-17-21(29)13-14-23(22)31(3)24(26)12-7-5-4-6-9-19-10-8-11-20(28)16-19/h8,10-11,13-14,16-18H,4-7,9,12,15H2,1-3H3,(H,32,33)/t18-/m1/s1. The summed E-state index contributed by atoms with van der Waals surface area (Å²) in [6.45, 7) is 1.75. The van der Waals surface area contributed by atoms with Gasteiger partial charge in [-0.3, -0.25) is 9.59 Å². The quantitative estimate of drug-likeness (QED) is 0.294. The van der Waals surface area contributed by atoms with Crippen molar-refractivity contribution in [2.45, 2.75) is 57.9 Å². The van der Waals surface area contributed by atoms with Crippen LogP contribution in [0.2, 0.25) is 10.0 Å². The largest absolute Gasteiger partial charge is 0.481 e. The van der Waals surface area contributed by atoms with Crippen molar-refractivity contribution < 1.29 is 14.7 Å². The van der Waals surface area contributed by atoms with Crippen LogP contribution in [0.5, 0.6) is 0 Å². The van der Waals surface area contributed by atoms with E-state index in [0.29, 0.717) is 10.6 Å². The van der Waals surface area contributed by atoms with Gasteiger partial charge in [0, 0.05) is 46.8 Å². The molecule has 2 aromatic carbocycles. The second kappa shape index (κ2) is 11.8. The molecule has 182 valence electrons. The van der Waals surface area contributed by atoms with E-state index in [4.69, 9.17) is 28.3 Å². The van der Waals surface area contributed by atoms with Gasteiger partial charge in [0.15, 0.2) is 0 Å². The number of benzene rings is 2. The molecule has 1 aromatic heterocycles. The van der Waals surface area contributed by atoms with Crippen LogP contribution in [0.25, 0.3) is 10.9 Å². The molecule has 0 radical (unpaired) electrons. The number of carboxylic acids is 1. The summed E-state index contributed by atoms with van der Waals surface area (Å²) in [6.07, 6.45) is 5.87. The Bertz CT molecular complexity index is 1170. The van der Waals surface area contributed by atoms with E-state index in [2.05, 4.69) is 10.6 Å². The fourth-order valence-electron chi connectivity index (χ4n) is 4.43. The minimum absolute atomic E-state index is 0.101. The molecule has 0 saturated carbocycles. The maximum atomic E-state index is 13.5. The zero-order valence-electron chi connectivity index (χ0n) is 20.0. The van der Waals surface area contributed by atoms with Gasteiger partial charge in [0.25, 0.3) is 5.91 Å². The highest BCUT2D eigenvalue weighted by Crippen LogP contribution is 2.31. The molecule has 1 N–H and O–H groups in total. The van der Waals surface area contributed by atoms with E-state index in [9.17, 15) is 9.59 Å². The van der Waals surface area contributed by atoms with Gasteiger partial charge in [0.1, 0.15) is 0 Å². The van der Waals surface area contributed by atoms with Crippen molar-refractivity contribution in [2.75, 3.05) is 7.05 Å². The molecule has 0 aliphatic carbocycles. The Kier molecular flexibility index (Phi) is 9.03. The first-order chi connectivity index (χ1) is 16.2. The molecule has 0 unspecified atom stereocenters. The van der Waals surface area contributed by atoms with Crippen LogP contribution in [0.1, 0.15) is 60.6 Å². The number of carbonyl (C=O) groups is 2. The Labute approximate surface area is 211 Å². The van der Waals surface area contributed by atoms with Crippen molar-refractivity contribution in [1.82, 2.24) is 9.47 Å². The number of carbonyl (C=O) groups excluding carboxylic acids is 1. The lowest BCUT2D eigenvalue weighted by Crippen LogP contribution is -2.37. The lowest BCUT2D eigenvalue weighted by Gasteiger charge is -2.24. The fourth-order valence-corrected chi connectivity index (χ4v) is 4.82. The van der Waals surface area contributed by atoms with Gasteiger partial charge >= 0.3 is 5.97 Å². The van der Waals surface area contributed by atoms with Gasteiger partial charge < -0.3 is 14.6 Å². The van der Waals surface area contributed by atoms with Gasteiger partial charge in [-0.2, -0.15) is 0 Å². The summed E-state index contributed by atoms with van der Waals surface area (Å²) in [5.74, 6) is -1.09. The van der Waals surface area contributed by atoms with E-state index in [1.54, 1.807) is 14.0 Å². The summed E-state index contributed by atoms with van der Waals surface area (Å²) in [5.41, 5.74) is 3.79. The number of fused-ring (bicyclic) bond motifs is 1. The number of amides is 1. The smallest absolute Gasteiger partial charge is 0.305 e. The number of unbranched alkanes of at least 4 members (excludes halogenated alkanes) is 3. The molecule has 0 saturated heterocycles. The summed E-state index contributed by atoms with van der Waals surface area (Å²) in [6, 6.07) is 13.2. The molecule has 0 aliphatic heterocycles. The van der Waals surface area contributed by atoms with E-state index < -0.39 is 12.0 Å². The third kappa shape index (κ3) is 6.34. The molecule has 1 amide bonds. The van der Waals surface area contributed by atoms with Crippen molar-refractivity contribution in [3.05, 3.63) is 69.3 Å². The molecule has 5 nitrogen and oxygen atoms in total. The monoisotopic (exact) mass is 502 g/mol. The van der Waals surface area contributed by atoms with E-state index in [1.807, 2.05) is 43.4 Å². The molecule has 3 rings (SSSR count). The first-order valence-electron chi connectivity index (χ1n) is 11.7. The summed E-state index contributed by atoms with van der Waals surface area (Å²) >= 11 is 12.3. The van der Waals surface area contributed by atoms with Crippen LogP contribution in [0, 0.1) is 0 Å². The Morgan fingerprint density at radius 1 is 1.00 bits per heavy atom. The van der Waals surface area contributed by atoms with E-state index in [-0.39, 0.29) is 12.3 Å². The van der Waals surface area contributed by atoms with E-state index >= 15 is 0 Å². The van der Waals surface area contributed by atoms with Crippen LogP contribution >= 0.6 is 23.2 Å². The normalized spacial score (nSPS) is 12.1. The number of rotatable bonds is 11. The van der Waals surface area contributed by atoms with Crippen LogP contribution in [-0.4, -0.2) is 39.5 Å². The highest BCUT2D eigenvalue weighted by molar-refractivity contribution is 6.31. The van der Waals surface area contributed by atoms with Crippen LogP contribution in [0.3, 0.4) is 0 Å². The van der Waals surface area contributed by atoms with Crippen molar-refractivity contribution in [3.8, 4) is 0 Å². The van der Waals surface area contributed by atoms with Gasteiger partial charge in [-0.15, -0.1) is 0 Å². The van der Waals surface area contributed by atoms with Crippen molar-refractivity contribution in [3.63, 3.8) is 0 Å². The molecule has 0 fully saturated rings. The molecular weight excluding hydrogens is 471 g/mol. The van der Waals surface area contributed by atoms with E-state index in [0.717, 1.165) is 60.1 Å². The number of halogens is 2. The highest BCUT2D eigenvalue weighted by atomic mass is 35.5. The third-order valence-electron chi connectivity index (χ3n) is 6.47. The molecule has 0 bridgehead atoms. The van der Waals surface area contributed by atoms with Gasteiger partial charge in [-0.05, 0) is 68.5 Å². The number of aromatic nitrogens is 1. The van der Waals surface area contributed by atoms with Crippen LogP contribution < -0.4 is 0 Å². The topological polar surface area (TPSA) is 62.5 Å². The summed E-state index contributed by atoms with van der Waals surface area (Å²) < 4.78 is 2.07. The molecule has 0 aliphatic rings. The van der Waals surface area contributed by atoms with Crippen molar-refractivity contribution >= 4 is 46.0 Å². The van der Waals surface area contributed by atoms with Crippen LogP contribution in [0.15, 0.2) is 42.5 Å². The second-order valence-corrected chi connectivity index (χ2v) is 9.82. The van der Waals surface area contributed by atoms with Gasteiger partial charge in [-0.25, -0.2) is 0 Å². The molecule has 3 aromatic rings. The average Bonchev–Trinajstić information content (AvgIpc) is 3.05. The SMILES string of the molecule is C[C@H](CC(=O)O)N(C)C(=O)c1c(CCCCCCc2cccc(Cl)c2)n(C)c2ccc(Cl)cc12. The lowest BCUT2D eigenvalue weighted by molar-refractivity contribution is -0.137. The first-order valence-corrected chi connectivity index (χ1v) is 12.4. The van der Waals surface area contributed by atoms with Crippen LogP contribution in [0.4, 0.5) is 0 Å². The zero-order valence-corrected chi connectivity index (χ0v) is 21.5. The first kappa shape index (κ1) is 26.1. The number of aliphatic carboxylic acids is 1. The molecule has 0 spiro atoms. The average molecular weight is 503 g/mol. The fraction of sp³-hybridized carbons (Fsp3) is 0.407. The van der Waals surface area contributed by atoms with Gasteiger partial charge in [-0.1, -0.05) is 48.2 Å². The zero-order chi connectivity index (χ0) is 24.8. The van der Waals surface area contributed by atoms with Gasteiger partial charge in [0.2, 0.25) is 0 Å². The molecular formula is C27H32Cl2N2O3. The molecule has 34 heavy (non-hydrogen) atoms. The maximum absolute atomic E-state index is 13.5. The Balaban J connectivity index is 1.72. The Hall–Kier alpha value is -2.50. The number of nitrogens with zero attached hydrogens (tertiary/aromatic N) is 2. The number of hydrogen-bond acceptors (Lipinski definition) is 2.